The Morgan fingerprint density at radius 3 is 2.44 bits per heavy atom. The number of allylic oxidation sites excluding steroid dienone is 1. The van der Waals surface area contributed by atoms with Crippen LogP contribution in [0.2, 0.25) is 0 Å². The van der Waals surface area contributed by atoms with E-state index in [4.69, 9.17) is 0 Å². The molecule has 3 aliphatic carbocycles. The highest BCUT2D eigenvalue weighted by Crippen LogP contribution is 2.59. The molecule has 5 unspecified atom stereocenters. The predicted molar refractivity (Wildman–Crippen MR) is 103 cm³/mol. The number of hydrogen-bond acceptors (Lipinski definition) is 3. The normalized spacial score (nSPS) is 41.3. The van der Waals surface area contributed by atoms with Crippen LogP contribution in [-0.4, -0.2) is 48.5 Å². The van der Waals surface area contributed by atoms with Crippen molar-refractivity contribution < 1.29 is 10.2 Å². The Morgan fingerprint density at radius 2 is 1.80 bits per heavy atom. The summed E-state index contributed by atoms with van der Waals surface area (Å²) in [6, 6.07) is 0. The van der Waals surface area contributed by atoms with Crippen molar-refractivity contribution >= 4 is 0 Å². The third kappa shape index (κ3) is 3.44. The minimum atomic E-state index is -0.221. The molecule has 0 amide bonds. The van der Waals surface area contributed by atoms with Gasteiger partial charge in [0.15, 0.2) is 0 Å². The van der Waals surface area contributed by atoms with Gasteiger partial charge in [0.25, 0.3) is 0 Å². The van der Waals surface area contributed by atoms with Crippen LogP contribution in [-0.2, 0) is 0 Å². The van der Waals surface area contributed by atoms with Crippen molar-refractivity contribution in [2.24, 2.45) is 28.6 Å². The zero-order valence-corrected chi connectivity index (χ0v) is 17.0. The van der Waals surface area contributed by atoms with Crippen molar-refractivity contribution in [2.75, 3.05) is 27.2 Å². The third-order valence-electron chi connectivity index (χ3n) is 8.00. The van der Waals surface area contributed by atoms with Gasteiger partial charge in [-0.1, -0.05) is 31.9 Å². The molecule has 1 fully saturated rings. The van der Waals surface area contributed by atoms with E-state index in [1.165, 1.54) is 25.7 Å². The molecule has 0 aromatic carbocycles. The van der Waals surface area contributed by atoms with Crippen molar-refractivity contribution in [3.8, 4) is 0 Å². The van der Waals surface area contributed by atoms with Gasteiger partial charge in [0.1, 0.15) is 0 Å². The van der Waals surface area contributed by atoms with Gasteiger partial charge in [-0.2, -0.15) is 0 Å². The Hall–Kier alpha value is -0.380. The summed E-state index contributed by atoms with van der Waals surface area (Å²) >= 11 is 0. The summed E-state index contributed by atoms with van der Waals surface area (Å²) in [4.78, 5) is 2.36. The van der Waals surface area contributed by atoms with E-state index in [1.54, 1.807) is 11.1 Å². The highest BCUT2D eigenvalue weighted by atomic mass is 16.3. The summed E-state index contributed by atoms with van der Waals surface area (Å²) in [6.07, 6.45) is 7.57. The standard InChI is InChI=1S/C22H39NO2/c1-21(2)10-9-17-18(13-23(4)5)20(7-6-19(17)21)22(3)11-8-16(25)12-15(22)14-24/h15-16,18,20,24-25H,6-14H2,1-5H3. The van der Waals surface area contributed by atoms with Crippen LogP contribution in [0, 0.1) is 28.6 Å². The van der Waals surface area contributed by atoms with E-state index in [0.717, 1.165) is 25.8 Å². The maximum Gasteiger partial charge on any atom is 0.0544 e. The van der Waals surface area contributed by atoms with Crippen molar-refractivity contribution in [3.63, 3.8) is 0 Å². The monoisotopic (exact) mass is 349 g/mol. The lowest BCUT2D eigenvalue weighted by molar-refractivity contribution is -0.0606. The van der Waals surface area contributed by atoms with Gasteiger partial charge >= 0.3 is 0 Å². The maximum atomic E-state index is 10.1. The fraction of sp³-hybridized carbons (Fsp3) is 0.909. The van der Waals surface area contributed by atoms with Gasteiger partial charge < -0.3 is 15.1 Å². The molecule has 3 nitrogen and oxygen atoms in total. The molecule has 0 radical (unpaired) electrons. The lowest BCUT2D eigenvalue weighted by Crippen LogP contribution is -2.48. The van der Waals surface area contributed by atoms with E-state index in [0.29, 0.717) is 17.3 Å². The zero-order valence-electron chi connectivity index (χ0n) is 17.0. The van der Waals surface area contributed by atoms with Gasteiger partial charge in [-0.25, -0.2) is 0 Å². The fourth-order valence-electron chi connectivity index (χ4n) is 6.42. The average Bonchev–Trinajstić information content (AvgIpc) is 2.85. The Kier molecular flexibility index (Phi) is 5.41. The van der Waals surface area contributed by atoms with Gasteiger partial charge in [0.2, 0.25) is 0 Å². The van der Waals surface area contributed by atoms with Gasteiger partial charge in [-0.15, -0.1) is 0 Å². The highest BCUT2D eigenvalue weighted by Gasteiger charge is 2.51. The number of aliphatic hydroxyl groups is 2. The summed E-state index contributed by atoms with van der Waals surface area (Å²) < 4.78 is 0. The van der Waals surface area contributed by atoms with Crippen LogP contribution in [0.25, 0.3) is 0 Å². The average molecular weight is 350 g/mol. The van der Waals surface area contributed by atoms with Gasteiger partial charge in [-0.05, 0) is 87.6 Å². The lowest BCUT2D eigenvalue weighted by atomic mass is 9.53. The molecule has 144 valence electrons. The fourth-order valence-corrected chi connectivity index (χ4v) is 6.42. The molecule has 2 N–H and O–H groups in total. The predicted octanol–water partition coefficient (Wildman–Crippen LogP) is 3.85. The molecule has 0 saturated heterocycles. The molecule has 0 spiro atoms. The van der Waals surface area contributed by atoms with Crippen LogP contribution in [0.1, 0.15) is 65.7 Å². The van der Waals surface area contributed by atoms with Crippen LogP contribution >= 0.6 is 0 Å². The van der Waals surface area contributed by atoms with E-state index in [2.05, 4.69) is 39.8 Å². The molecule has 0 aromatic rings. The number of nitrogens with zero attached hydrogens (tertiary/aromatic N) is 1. The lowest BCUT2D eigenvalue weighted by Gasteiger charge is -2.53. The van der Waals surface area contributed by atoms with Crippen molar-refractivity contribution in [2.45, 2.75) is 71.8 Å². The van der Waals surface area contributed by atoms with E-state index in [1.807, 2.05) is 0 Å². The first-order valence-electron chi connectivity index (χ1n) is 10.3. The van der Waals surface area contributed by atoms with Gasteiger partial charge in [0, 0.05) is 13.2 Å². The van der Waals surface area contributed by atoms with E-state index < -0.39 is 0 Å². The summed E-state index contributed by atoms with van der Waals surface area (Å²) in [5.74, 6) is 1.49. The second-order valence-electron chi connectivity index (χ2n) is 10.2. The molecule has 0 aliphatic heterocycles. The first-order valence-corrected chi connectivity index (χ1v) is 10.3. The summed E-state index contributed by atoms with van der Waals surface area (Å²) in [7, 11) is 4.39. The Labute approximate surface area is 154 Å². The van der Waals surface area contributed by atoms with Crippen LogP contribution in [0.15, 0.2) is 11.1 Å². The van der Waals surface area contributed by atoms with Crippen LogP contribution in [0.4, 0.5) is 0 Å². The Morgan fingerprint density at radius 1 is 1.08 bits per heavy atom. The van der Waals surface area contributed by atoms with Crippen molar-refractivity contribution in [1.82, 2.24) is 4.90 Å². The van der Waals surface area contributed by atoms with Crippen molar-refractivity contribution in [1.29, 1.82) is 0 Å². The molecule has 3 aliphatic rings. The molecule has 3 rings (SSSR count). The van der Waals surface area contributed by atoms with E-state index in [-0.39, 0.29) is 24.0 Å². The molecule has 5 atom stereocenters. The topological polar surface area (TPSA) is 43.7 Å². The quantitative estimate of drug-likeness (QED) is 0.758. The largest absolute Gasteiger partial charge is 0.396 e. The second-order valence-corrected chi connectivity index (χ2v) is 10.2. The number of hydrogen-bond donors (Lipinski definition) is 2. The third-order valence-corrected chi connectivity index (χ3v) is 8.00. The first kappa shape index (κ1) is 19.4. The molecule has 0 heterocycles. The molecule has 1 saturated carbocycles. The summed E-state index contributed by atoms with van der Waals surface area (Å²) in [5, 5.41) is 20.2. The summed E-state index contributed by atoms with van der Waals surface area (Å²) in [6.45, 7) is 8.61. The van der Waals surface area contributed by atoms with Gasteiger partial charge in [-0.3, -0.25) is 0 Å². The number of aliphatic hydroxyl groups excluding tert-OH is 2. The van der Waals surface area contributed by atoms with Crippen LogP contribution in [0.5, 0.6) is 0 Å². The van der Waals surface area contributed by atoms with E-state index in [9.17, 15) is 10.2 Å². The Bertz CT molecular complexity index is 524. The number of rotatable bonds is 4. The minimum Gasteiger partial charge on any atom is -0.396 e. The molecule has 25 heavy (non-hydrogen) atoms. The maximum absolute atomic E-state index is 10.1. The minimum absolute atomic E-state index is 0.153. The van der Waals surface area contributed by atoms with Crippen molar-refractivity contribution in [3.05, 3.63) is 11.1 Å². The Balaban J connectivity index is 1.95. The van der Waals surface area contributed by atoms with Crippen LogP contribution < -0.4 is 0 Å². The van der Waals surface area contributed by atoms with Gasteiger partial charge in [0.05, 0.1) is 6.10 Å². The summed E-state index contributed by atoms with van der Waals surface area (Å²) in [5.41, 5.74) is 4.03. The second kappa shape index (κ2) is 6.98. The zero-order chi connectivity index (χ0) is 18.4. The highest BCUT2D eigenvalue weighted by molar-refractivity contribution is 5.32. The van der Waals surface area contributed by atoms with Crippen LogP contribution in [0.3, 0.4) is 0 Å². The molecular weight excluding hydrogens is 310 g/mol. The SMILES string of the molecule is CN(C)CC1C2=C(CCC1C1(C)CCC(O)CC1CO)C(C)(C)CC2. The smallest absolute Gasteiger partial charge is 0.0544 e. The molecular formula is C22H39NO2. The molecule has 0 aromatic heterocycles. The van der Waals surface area contributed by atoms with E-state index >= 15 is 0 Å². The first-order chi connectivity index (χ1) is 11.7. The molecule has 3 heteroatoms. The molecule has 0 bridgehead atoms.